The predicted octanol–water partition coefficient (Wildman–Crippen LogP) is 2.39. The van der Waals surface area contributed by atoms with Crippen LogP contribution in [-0.4, -0.2) is 72.7 Å². The van der Waals surface area contributed by atoms with Gasteiger partial charge in [-0.25, -0.2) is 14.8 Å². The molecule has 0 aromatic carbocycles. The van der Waals surface area contributed by atoms with Gasteiger partial charge in [-0.2, -0.15) is 0 Å². The number of fused-ring (bicyclic) bond motifs is 4. The van der Waals surface area contributed by atoms with Gasteiger partial charge in [0.2, 0.25) is 0 Å². The van der Waals surface area contributed by atoms with Gasteiger partial charge in [0.15, 0.2) is 11.6 Å². The highest BCUT2D eigenvalue weighted by Crippen LogP contribution is 2.39. The molecule has 3 amide bonds. The van der Waals surface area contributed by atoms with Crippen LogP contribution in [0.15, 0.2) is 30.5 Å². The largest absolute Gasteiger partial charge is 0.489 e. The van der Waals surface area contributed by atoms with Gasteiger partial charge in [0.1, 0.15) is 30.0 Å². The molecule has 0 spiro atoms. The SMILES string of the molecule is CCNC(=O)c1ccc2c(n1)N(C(=O)Nc1ccc(OCC3COC(C)(C)O3)cn1)C1CCN2C1. The Hall–Kier alpha value is -3.44. The Morgan fingerprint density at radius 2 is 2.11 bits per heavy atom. The van der Waals surface area contributed by atoms with Crippen molar-refractivity contribution < 1.29 is 23.8 Å². The van der Waals surface area contributed by atoms with Gasteiger partial charge in [-0.05, 0) is 51.5 Å². The molecule has 2 N–H and O–H groups in total. The van der Waals surface area contributed by atoms with Gasteiger partial charge in [0.25, 0.3) is 5.91 Å². The van der Waals surface area contributed by atoms with E-state index in [1.165, 1.54) is 0 Å². The van der Waals surface area contributed by atoms with Crippen molar-refractivity contribution >= 4 is 29.3 Å². The number of urea groups is 1. The zero-order valence-corrected chi connectivity index (χ0v) is 20.1. The van der Waals surface area contributed by atoms with Gasteiger partial charge in [0.05, 0.1) is 24.5 Å². The van der Waals surface area contributed by atoms with Crippen LogP contribution in [-0.2, 0) is 9.47 Å². The van der Waals surface area contributed by atoms with Crippen molar-refractivity contribution in [2.24, 2.45) is 0 Å². The first-order valence-electron chi connectivity index (χ1n) is 11.9. The third-order valence-corrected chi connectivity index (χ3v) is 6.22. The molecule has 3 aliphatic rings. The Labute approximate surface area is 203 Å². The molecular weight excluding hydrogens is 452 g/mol. The molecule has 2 fully saturated rings. The van der Waals surface area contributed by atoms with Crippen LogP contribution in [0, 0.1) is 0 Å². The molecule has 11 heteroatoms. The van der Waals surface area contributed by atoms with Crippen LogP contribution in [0.1, 0.15) is 37.7 Å². The second-order valence-electron chi connectivity index (χ2n) is 9.23. The number of rotatable bonds is 6. The molecule has 2 aromatic rings. The first-order valence-corrected chi connectivity index (χ1v) is 11.9. The summed E-state index contributed by atoms with van der Waals surface area (Å²) in [6.07, 6.45) is 2.24. The van der Waals surface area contributed by atoms with E-state index in [0.717, 1.165) is 25.2 Å². The summed E-state index contributed by atoms with van der Waals surface area (Å²) in [5.41, 5.74) is 1.13. The van der Waals surface area contributed by atoms with Crippen molar-refractivity contribution in [1.82, 2.24) is 15.3 Å². The lowest BCUT2D eigenvalue weighted by Gasteiger charge is -2.35. The third kappa shape index (κ3) is 4.87. The molecule has 11 nitrogen and oxygen atoms in total. The number of aromatic nitrogens is 2. The molecular formula is C24H30N6O5. The second kappa shape index (κ2) is 9.31. The number of nitrogens with one attached hydrogen (secondary N) is 2. The summed E-state index contributed by atoms with van der Waals surface area (Å²) in [5.74, 6) is 0.588. The first-order chi connectivity index (χ1) is 16.8. The number of pyridine rings is 2. The van der Waals surface area contributed by atoms with Crippen molar-refractivity contribution in [3.63, 3.8) is 0 Å². The molecule has 186 valence electrons. The number of ether oxygens (including phenoxy) is 3. The van der Waals surface area contributed by atoms with Gasteiger partial charge in [-0.15, -0.1) is 0 Å². The van der Waals surface area contributed by atoms with E-state index in [1.807, 2.05) is 26.8 Å². The number of hydrogen-bond acceptors (Lipinski definition) is 8. The van der Waals surface area contributed by atoms with Crippen LogP contribution < -0.4 is 25.2 Å². The average Bonchev–Trinajstić information content (AvgIpc) is 3.41. The molecule has 5 heterocycles. The summed E-state index contributed by atoms with van der Waals surface area (Å²) in [4.78, 5) is 38.4. The monoisotopic (exact) mass is 482 g/mol. The van der Waals surface area contributed by atoms with Gasteiger partial charge in [-0.1, -0.05) is 0 Å². The van der Waals surface area contributed by atoms with Crippen LogP contribution in [0.5, 0.6) is 5.75 Å². The minimum Gasteiger partial charge on any atom is -0.489 e. The minimum atomic E-state index is -0.598. The smallest absolute Gasteiger partial charge is 0.329 e. The summed E-state index contributed by atoms with van der Waals surface area (Å²) in [5, 5.41) is 5.62. The lowest BCUT2D eigenvalue weighted by molar-refractivity contribution is -0.141. The number of carbonyl (C=O) groups is 2. The fourth-order valence-electron chi connectivity index (χ4n) is 4.59. The highest BCUT2D eigenvalue weighted by atomic mass is 16.7. The Kier molecular flexibility index (Phi) is 6.20. The van der Waals surface area contributed by atoms with E-state index >= 15 is 0 Å². The Morgan fingerprint density at radius 3 is 2.83 bits per heavy atom. The molecule has 2 saturated heterocycles. The lowest BCUT2D eigenvalue weighted by atomic mass is 10.1. The van der Waals surface area contributed by atoms with Crippen LogP contribution in [0.2, 0.25) is 0 Å². The van der Waals surface area contributed by atoms with Crippen LogP contribution in [0.3, 0.4) is 0 Å². The zero-order valence-electron chi connectivity index (χ0n) is 20.1. The molecule has 2 aromatic heterocycles. The highest BCUT2D eigenvalue weighted by Gasteiger charge is 2.40. The number of anilines is 3. The van der Waals surface area contributed by atoms with Crippen LogP contribution in [0.4, 0.5) is 22.1 Å². The molecule has 2 bridgehead atoms. The van der Waals surface area contributed by atoms with Gasteiger partial charge < -0.3 is 24.4 Å². The van der Waals surface area contributed by atoms with E-state index in [1.54, 1.807) is 29.3 Å². The quantitative estimate of drug-likeness (QED) is 0.644. The standard InChI is InChI=1S/C24H30N6O5/c1-4-25-22(31)18-6-7-19-21(27-18)30(15-9-10-29(19)12-15)23(32)28-20-8-5-16(11-26-20)33-13-17-14-34-24(2,3)35-17/h5-8,11,15,17H,4,9-10,12-14H2,1-3H3,(H,25,31)(H,26,28,32). The molecule has 0 radical (unpaired) electrons. The minimum absolute atomic E-state index is 0.0278. The fraction of sp³-hybridized carbons (Fsp3) is 0.500. The number of amides is 3. The number of nitrogens with zero attached hydrogens (tertiary/aromatic N) is 4. The van der Waals surface area contributed by atoms with Crippen molar-refractivity contribution in [1.29, 1.82) is 0 Å². The van der Waals surface area contributed by atoms with E-state index in [0.29, 0.717) is 37.1 Å². The maximum Gasteiger partial charge on any atom is 0.329 e. The van der Waals surface area contributed by atoms with E-state index in [2.05, 4.69) is 25.5 Å². The van der Waals surface area contributed by atoms with Crippen molar-refractivity contribution in [3.05, 3.63) is 36.2 Å². The molecule has 2 atom stereocenters. The Morgan fingerprint density at radius 1 is 1.26 bits per heavy atom. The molecule has 3 aliphatic heterocycles. The first kappa shape index (κ1) is 23.3. The molecule has 0 aliphatic carbocycles. The summed E-state index contributed by atoms with van der Waals surface area (Å²) in [7, 11) is 0. The lowest BCUT2D eigenvalue weighted by Crippen LogP contribution is -2.48. The molecule has 35 heavy (non-hydrogen) atoms. The summed E-state index contributed by atoms with van der Waals surface area (Å²) >= 11 is 0. The van der Waals surface area contributed by atoms with Crippen molar-refractivity contribution in [3.8, 4) is 5.75 Å². The highest BCUT2D eigenvalue weighted by molar-refractivity contribution is 6.05. The molecule has 5 rings (SSSR count). The zero-order chi connectivity index (χ0) is 24.6. The maximum atomic E-state index is 13.3. The Bertz CT molecular complexity index is 1110. The van der Waals surface area contributed by atoms with Crippen molar-refractivity contribution in [2.45, 2.75) is 45.1 Å². The average molecular weight is 483 g/mol. The topological polar surface area (TPSA) is 118 Å². The van der Waals surface area contributed by atoms with Gasteiger partial charge in [0, 0.05) is 19.6 Å². The fourth-order valence-corrected chi connectivity index (χ4v) is 4.59. The van der Waals surface area contributed by atoms with E-state index in [4.69, 9.17) is 14.2 Å². The van der Waals surface area contributed by atoms with E-state index in [-0.39, 0.29) is 29.8 Å². The van der Waals surface area contributed by atoms with E-state index in [9.17, 15) is 9.59 Å². The van der Waals surface area contributed by atoms with E-state index < -0.39 is 5.79 Å². The summed E-state index contributed by atoms with van der Waals surface area (Å²) in [6, 6.07) is 6.63. The summed E-state index contributed by atoms with van der Waals surface area (Å²) in [6.45, 7) is 8.47. The summed E-state index contributed by atoms with van der Waals surface area (Å²) < 4.78 is 17.0. The number of carbonyl (C=O) groups excluding carboxylic acids is 2. The normalized spacial score (nSPS) is 22.0. The second-order valence-corrected chi connectivity index (χ2v) is 9.23. The maximum absolute atomic E-state index is 13.3. The van der Waals surface area contributed by atoms with Gasteiger partial charge >= 0.3 is 6.03 Å². The molecule has 0 saturated carbocycles. The molecule has 2 unspecified atom stereocenters. The van der Waals surface area contributed by atoms with Crippen molar-refractivity contribution in [2.75, 3.05) is 48.0 Å². The predicted molar refractivity (Wildman–Crippen MR) is 129 cm³/mol. The Balaban J connectivity index is 1.27. The van der Waals surface area contributed by atoms with Crippen LogP contribution in [0.25, 0.3) is 0 Å². The number of hydrogen-bond donors (Lipinski definition) is 2. The third-order valence-electron chi connectivity index (χ3n) is 6.22. The van der Waals surface area contributed by atoms with Gasteiger partial charge in [-0.3, -0.25) is 15.0 Å². The van der Waals surface area contributed by atoms with Crippen LogP contribution >= 0.6 is 0 Å².